The molecule has 2 aromatic heterocycles. The molecule has 2 aromatic carbocycles. The lowest BCUT2D eigenvalue weighted by Gasteiger charge is -2.15. The number of anilines is 2. The summed E-state index contributed by atoms with van der Waals surface area (Å²) < 4.78 is 48.6. The van der Waals surface area contributed by atoms with Gasteiger partial charge < -0.3 is 10.1 Å². The molecule has 0 saturated carbocycles. The number of nitrogens with one attached hydrogen (secondary N) is 1. The average Bonchev–Trinajstić information content (AvgIpc) is 3.29. The van der Waals surface area contributed by atoms with E-state index >= 15 is 0 Å². The molecule has 0 aliphatic carbocycles. The van der Waals surface area contributed by atoms with E-state index in [0.29, 0.717) is 22.8 Å². The molecule has 0 saturated heterocycles. The van der Waals surface area contributed by atoms with Crippen molar-refractivity contribution >= 4 is 11.4 Å². The van der Waals surface area contributed by atoms with Gasteiger partial charge in [-0.05, 0) is 44.2 Å². The Morgan fingerprint density at radius 2 is 1.84 bits per heavy atom. The first-order chi connectivity index (χ1) is 15.2. The molecule has 0 aliphatic heterocycles. The lowest BCUT2D eigenvalue weighted by molar-refractivity contribution is -0.137. The molecule has 0 fully saturated rings. The lowest BCUT2D eigenvalue weighted by Crippen LogP contribution is -2.06. The van der Waals surface area contributed by atoms with Gasteiger partial charge in [0, 0.05) is 36.2 Å². The van der Waals surface area contributed by atoms with Crippen LogP contribution in [0.4, 0.5) is 24.5 Å². The Kier molecular flexibility index (Phi) is 5.60. The molecule has 0 unspecified atom stereocenters. The van der Waals surface area contributed by atoms with Crippen molar-refractivity contribution < 1.29 is 17.9 Å². The van der Waals surface area contributed by atoms with Crippen LogP contribution in [-0.4, -0.2) is 24.8 Å². The Balaban J connectivity index is 1.68. The minimum absolute atomic E-state index is 0.229. The topological polar surface area (TPSA) is 69.8 Å². The molecule has 0 spiro atoms. The Morgan fingerprint density at radius 3 is 2.50 bits per heavy atom. The van der Waals surface area contributed by atoms with E-state index in [2.05, 4.69) is 20.7 Å². The van der Waals surface area contributed by atoms with Crippen LogP contribution in [0.1, 0.15) is 22.6 Å². The first kappa shape index (κ1) is 21.4. The molecular formula is C22H21F3N6O. The van der Waals surface area contributed by atoms with Gasteiger partial charge in [-0.1, -0.05) is 11.3 Å². The van der Waals surface area contributed by atoms with Crippen LogP contribution in [-0.2, 0) is 19.8 Å². The Bertz CT molecular complexity index is 1240. The van der Waals surface area contributed by atoms with Gasteiger partial charge in [0.2, 0.25) is 0 Å². The number of aryl methyl sites for hydroxylation is 3. The van der Waals surface area contributed by atoms with Gasteiger partial charge in [0.1, 0.15) is 12.4 Å². The van der Waals surface area contributed by atoms with Crippen molar-refractivity contribution in [1.82, 2.24) is 24.8 Å². The zero-order valence-corrected chi connectivity index (χ0v) is 17.7. The molecule has 2 heterocycles. The molecule has 0 aliphatic rings. The number of benzene rings is 2. The highest BCUT2D eigenvalue weighted by Crippen LogP contribution is 2.32. The van der Waals surface area contributed by atoms with Gasteiger partial charge in [-0.25, -0.2) is 9.36 Å². The minimum atomic E-state index is -4.42. The van der Waals surface area contributed by atoms with Gasteiger partial charge in [0.05, 0.1) is 28.8 Å². The molecule has 166 valence electrons. The first-order valence-corrected chi connectivity index (χ1v) is 9.78. The van der Waals surface area contributed by atoms with Crippen LogP contribution in [0.5, 0.6) is 5.75 Å². The molecule has 4 rings (SSSR count). The molecule has 0 atom stereocenters. The van der Waals surface area contributed by atoms with E-state index in [4.69, 9.17) is 4.74 Å². The highest BCUT2D eigenvalue weighted by atomic mass is 19.4. The molecule has 0 amide bonds. The first-order valence-electron chi connectivity index (χ1n) is 9.78. The van der Waals surface area contributed by atoms with Gasteiger partial charge in [-0.2, -0.15) is 18.3 Å². The predicted octanol–water partition coefficient (Wildman–Crippen LogP) is 4.96. The van der Waals surface area contributed by atoms with E-state index in [9.17, 15) is 13.2 Å². The van der Waals surface area contributed by atoms with E-state index in [1.165, 1.54) is 6.07 Å². The van der Waals surface area contributed by atoms with Crippen LogP contribution in [0.3, 0.4) is 0 Å². The molecule has 1 N–H and O–H groups in total. The van der Waals surface area contributed by atoms with Crippen molar-refractivity contribution in [2.24, 2.45) is 7.05 Å². The Labute approximate surface area is 182 Å². The molecule has 0 bridgehead atoms. The normalized spacial score (nSPS) is 11.6. The maximum Gasteiger partial charge on any atom is 0.416 e. The number of rotatable bonds is 6. The SMILES string of the molecule is Cc1cc(C)n(-c2cc(Nc3cccc(C(F)(F)F)c3)cc(OCc3cnnn3C)c2)n1. The number of hydrogen-bond acceptors (Lipinski definition) is 5. The van der Waals surface area contributed by atoms with E-state index < -0.39 is 11.7 Å². The van der Waals surface area contributed by atoms with Crippen LogP contribution < -0.4 is 10.1 Å². The number of alkyl halides is 3. The zero-order valence-electron chi connectivity index (χ0n) is 17.7. The van der Waals surface area contributed by atoms with Crippen molar-refractivity contribution in [3.8, 4) is 11.4 Å². The average molecular weight is 442 g/mol. The van der Waals surface area contributed by atoms with Gasteiger partial charge in [0.15, 0.2) is 0 Å². The number of halogens is 3. The summed E-state index contributed by atoms with van der Waals surface area (Å²) in [5.41, 5.74) is 3.40. The smallest absolute Gasteiger partial charge is 0.416 e. The van der Waals surface area contributed by atoms with Gasteiger partial charge >= 0.3 is 6.18 Å². The van der Waals surface area contributed by atoms with Gasteiger partial charge in [0.25, 0.3) is 0 Å². The van der Waals surface area contributed by atoms with E-state index in [1.54, 1.807) is 40.8 Å². The van der Waals surface area contributed by atoms with Crippen LogP contribution in [0.2, 0.25) is 0 Å². The highest BCUT2D eigenvalue weighted by Gasteiger charge is 2.30. The molecule has 32 heavy (non-hydrogen) atoms. The maximum atomic E-state index is 13.1. The summed E-state index contributed by atoms with van der Waals surface area (Å²) in [6.45, 7) is 4.04. The standard InChI is InChI=1S/C22H21F3N6O/c1-14-7-15(2)31(28-14)19-9-18(27-17-6-4-5-16(8-17)22(23,24)25)10-21(11-19)32-13-20-12-26-29-30(20)3/h4-12,27H,13H2,1-3H3. The largest absolute Gasteiger partial charge is 0.487 e. The summed E-state index contributed by atoms with van der Waals surface area (Å²) in [7, 11) is 1.76. The van der Waals surface area contributed by atoms with Crippen molar-refractivity contribution in [2.75, 3.05) is 5.32 Å². The van der Waals surface area contributed by atoms with Crippen LogP contribution >= 0.6 is 0 Å². The molecule has 10 heteroatoms. The quantitative estimate of drug-likeness (QED) is 0.457. The highest BCUT2D eigenvalue weighted by molar-refractivity contribution is 5.65. The van der Waals surface area contributed by atoms with Gasteiger partial charge in [-0.3, -0.25) is 0 Å². The molecule has 7 nitrogen and oxygen atoms in total. The fraction of sp³-hybridized carbons (Fsp3) is 0.227. The van der Waals surface area contributed by atoms with Crippen molar-refractivity contribution in [2.45, 2.75) is 26.6 Å². The molecular weight excluding hydrogens is 421 g/mol. The van der Waals surface area contributed by atoms with Crippen LogP contribution in [0.25, 0.3) is 5.69 Å². The van der Waals surface area contributed by atoms with Crippen LogP contribution in [0, 0.1) is 13.8 Å². The summed E-state index contributed by atoms with van der Waals surface area (Å²) in [6.07, 6.45) is -2.82. The lowest BCUT2D eigenvalue weighted by atomic mass is 10.2. The fourth-order valence-electron chi connectivity index (χ4n) is 3.29. The third-order valence-corrected chi connectivity index (χ3v) is 4.82. The number of ether oxygens (including phenoxy) is 1. The van der Waals surface area contributed by atoms with E-state index in [-0.39, 0.29) is 6.61 Å². The van der Waals surface area contributed by atoms with Crippen molar-refractivity contribution in [1.29, 1.82) is 0 Å². The van der Waals surface area contributed by atoms with Crippen LogP contribution in [0.15, 0.2) is 54.7 Å². The zero-order chi connectivity index (χ0) is 22.9. The molecule has 0 radical (unpaired) electrons. The van der Waals surface area contributed by atoms with Gasteiger partial charge in [-0.15, -0.1) is 5.10 Å². The summed E-state index contributed by atoms with van der Waals surface area (Å²) >= 11 is 0. The number of hydrogen-bond donors (Lipinski definition) is 1. The maximum absolute atomic E-state index is 13.1. The summed E-state index contributed by atoms with van der Waals surface area (Å²) in [6, 6.07) is 12.3. The van der Waals surface area contributed by atoms with E-state index in [1.807, 2.05) is 26.0 Å². The second-order valence-electron chi connectivity index (χ2n) is 7.40. The van der Waals surface area contributed by atoms with Crippen molar-refractivity contribution in [3.05, 3.63) is 77.4 Å². The number of aromatic nitrogens is 5. The Morgan fingerprint density at radius 1 is 1.03 bits per heavy atom. The monoisotopic (exact) mass is 442 g/mol. The summed E-state index contributed by atoms with van der Waals surface area (Å²) in [4.78, 5) is 0. The number of nitrogens with zero attached hydrogens (tertiary/aromatic N) is 5. The van der Waals surface area contributed by atoms with Crippen molar-refractivity contribution in [3.63, 3.8) is 0 Å². The second kappa shape index (κ2) is 8.37. The Hall–Kier alpha value is -3.82. The van der Waals surface area contributed by atoms with E-state index in [0.717, 1.165) is 29.2 Å². The summed E-state index contributed by atoms with van der Waals surface area (Å²) in [5, 5.41) is 15.3. The predicted molar refractivity (Wildman–Crippen MR) is 113 cm³/mol. The third-order valence-electron chi connectivity index (χ3n) is 4.82. The summed E-state index contributed by atoms with van der Waals surface area (Å²) in [5.74, 6) is 0.519. The fourth-order valence-corrected chi connectivity index (χ4v) is 3.29. The second-order valence-corrected chi connectivity index (χ2v) is 7.40. The molecule has 4 aromatic rings. The third kappa shape index (κ3) is 4.74. The minimum Gasteiger partial charge on any atom is -0.487 e.